The smallest absolute Gasteiger partial charge is 0.268 e. The van der Waals surface area contributed by atoms with Crippen LogP contribution in [0.15, 0.2) is 35.4 Å². The maximum atomic E-state index is 12.6. The molecule has 2 N–H and O–H groups in total. The first-order valence-corrected chi connectivity index (χ1v) is 8.07. The topological polar surface area (TPSA) is 92.7 Å². The monoisotopic (exact) mass is 339 g/mol. The summed E-state index contributed by atoms with van der Waals surface area (Å²) in [5.74, 6) is 0.0653. The number of imidazole rings is 1. The summed E-state index contributed by atoms with van der Waals surface area (Å²) in [5, 5.41) is 3.24. The van der Waals surface area contributed by atoms with E-state index < -0.39 is 0 Å². The predicted molar refractivity (Wildman–Crippen MR) is 93.6 cm³/mol. The van der Waals surface area contributed by atoms with Gasteiger partial charge >= 0.3 is 0 Å². The number of aromatic amines is 1. The summed E-state index contributed by atoms with van der Waals surface area (Å²) in [4.78, 5) is 37.4. The van der Waals surface area contributed by atoms with Gasteiger partial charge in [0.2, 0.25) is 5.95 Å². The van der Waals surface area contributed by atoms with Gasteiger partial charge in [-0.3, -0.25) is 14.9 Å². The SMILES string of the molecule is Cc1c(C(=O)Nc2nc3ccccc3[nH]2)sc2ncn(C)c(=O)c12. The lowest BCUT2D eigenvalue weighted by Crippen LogP contribution is -2.17. The third kappa shape index (κ3) is 2.19. The van der Waals surface area contributed by atoms with Gasteiger partial charge in [0.25, 0.3) is 11.5 Å². The molecule has 0 aliphatic heterocycles. The summed E-state index contributed by atoms with van der Waals surface area (Å²) in [6.07, 6.45) is 1.46. The molecular weight excluding hydrogens is 326 g/mol. The Kier molecular flexibility index (Phi) is 3.20. The number of para-hydroxylation sites is 2. The molecule has 0 spiro atoms. The first-order chi connectivity index (χ1) is 11.5. The third-order valence-electron chi connectivity index (χ3n) is 3.84. The molecule has 0 saturated heterocycles. The molecule has 0 aliphatic rings. The molecule has 0 aliphatic carbocycles. The van der Waals surface area contributed by atoms with Crippen molar-refractivity contribution in [1.29, 1.82) is 0 Å². The lowest BCUT2D eigenvalue weighted by Gasteiger charge is -2.00. The number of thiophene rings is 1. The van der Waals surface area contributed by atoms with E-state index in [1.807, 2.05) is 24.3 Å². The highest BCUT2D eigenvalue weighted by Gasteiger charge is 2.19. The van der Waals surface area contributed by atoms with Crippen molar-refractivity contribution in [2.75, 3.05) is 5.32 Å². The number of H-pyrrole nitrogens is 1. The summed E-state index contributed by atoms with van der Waals surface area (Å²) < 4.78 is 1.41. The molecule has 4 rings (SSSR count). The molecule has 0 bridgehead atoms. The van der Waals surface area contributed by atoms with Crippen LogP contribution in [0.4, 0.5) is 5.95 Å². The van der Waals surface area contributed by atoms with E-state index in [9.17, 15) is 9.59 Å². The zero-order valence-electron chi connectivity index (χ0n) is 13.0. The van der Waals surface area contributed by atoms with Crippen LogP contribution in [-0.2, 0) is 7.05 Å². The summed E-state index contributed by atoms with van der Waals surface area (Å²) >= 11 is 1.20. The summed E-state index contributed by atoms with van der Waals surface area (Å²) in [7, 11) is 1.64. The Balaban J connectivity index is 1.74. The van der Waals surface area contributed by atoms with Crippen molar-refractivity contribution >= 4 is 44.4 Å². The number of anilines is 1. The van der Waals surface area contributed by atoms with Gasteiger partial charge in [0.05, 0.1) is 27.6 Å². The van der Waals surface area contributed by atoms with Gasteiger partial charge in [-0.1, -0.05) is 12.1 Å². The number of carbonyl (C=O) groups is 1. The van der Waals surface area contributed by atoms with E-state index in [1.165, 1.54) is 22.2 Å². The van der Waals surface area contributed by atoms with Crippen LogP contribution >= 0.6 is 11.3 Å². The molecule has 0 fully saturated rings. The molecule has 1 aromatic carbocycles. The number of fused-ring (bicyclic) bond motifs is 2. The van der Waals surface area contributed by atoms with Gasteiger partial charge in [-0.25, -0.2) is 9.97 Å². The average Bonchev–Trinajstić information content (AvgIpc) is 3.11. The van der Waals surface area contributed by atoms with E-state index >= 15 is 0 Å². The molecule has 0 saturated carbocycles. The number of nitrogens with one attached hydrogen (secondary N) is 2. The van der Waals surface area contributed by atoms with Crippen LogP contribution < -0.4 is 10.9 Å². The van der Waals surface area contributed by atoms with Crippen LogP contribution in [0.25, 0.3) is 21.3 Å². The minimum absolute atomic E-state index is 0.156. The Morgan fingerprint density at radius 3 is 2.92 bits per heavy atom. The van der Waals surface area contributed by atoms with Crippen molar-refractivity contribution in [3.63, 3.8) is 0 Å². The number of hydrogen-bond donors (Lipinski definition) is 2. The van der Waals surface area contributed by atoms with Gasteiger partial charge < -0.3 is 9.55 Å². The van der Waals surface area contributed by atoms with Gasteiger partial charge in [0.1, 0.15) is 4.83 Å². The van der Waals surface area contributed by atoms with E-state index in [-0.39, 0.29) is 11.5 Å². The van der Waals surface area contributed by atoms with Gasteiger partial charge in [0, 0.05) is 7.05 Å². The second-order valence-electron chi connectivity index (χ2n) is 5.45. The first-order valence-electron chi connectivity index (χ1n) is 7.25. The van der Waals surface area contributed by atoms with Crippen LogP contribution in [-0.4, -0.2) is 25.4 Å². The fraction of sp³-hybridized carbons (Fsp3) is 0.125. The molecule has 3 heterocycles. The van der Waals surface area contributed by atoms with E-state index in [4.69, 9.17) is 0 Å². The number of benzene rings is 1. The normalized spacial score (nSPS) is 11.2. The highest BCUT2D eigenvalue weighted by molar-refractivity contribution is 7.20. The van der Waals surface area contributed by atoms with E-state index in [0.29, 0.717) is 26.6 Å². The van der Waals surface area contributed by atoms with Crippen LogP contribution in [0.1, 0.15) is 15.2 Å². The van der Waals surface area contributed by atoms with Gasteiger partial charge in [-0.05, 0) is 24.6 Å². The average molecular weight is 339 g/mol. The zero-order valence-corrected chi connectivity index (χ0v) is 13.8. The number of aromatic nitrogens is 4. The molecule has 0 radical (unpaired) electrons. The van der Waals surface area contributed by atoms with Crippen LogP contribution in [0, 0.1) is 6.92 Å². The number of amides is 1. The van der Waals surface area contributed by atoms with Crippen molar-refractivity contribution < 1.29 is 4.79 Å². The molecule has 7 nitrogen and oxygen atoms in total. The first kappa shape index (κ1) is 14.6. The number of nitrogens with zero attached hydrogens (tertiary/aromatic N) is 3. The standard InChI is InChI=1S/C16H13N5O2S/c1-8-11-14(17-7-21(2)15(11)23)24-12(8)13(22)20-16-18-9-5-3-4-6-10(9)19-16/h3-7H,1-2H3,(H2,18,19,20,22). The van der Waals surface area contributed by atoms with Crippen LogP contribution in [0.5, 0.6) is 0 Å². The molecule has 8 heteroatoms. The predicted octanol–water partition coefficient (Wildman–Crippen LogP) is 2.43. The number of aryl methyl sites for hydroxylation is 2. The summed E-state index contributed by atoms with van der Waals surface area (Å²) in [6.45, 7) is 1.76. The highest BCUT2D eigenvalue weighted by Crippen LogP contribution is 2.27. The quantitative estimate of drug-likeness (QED) is 0.586. The highest BCUT2D eigenvalue weighted by atomic mass is 32.1. The lowest BCUT2D eigenvalue weighted by atomic mass is 10.2. The zero-order chi connectivity index (χ0) is 16.8. The Hall–Kier alpha value is -3.00. The van der Waals surface area contributed by atoms with Gasteiger partial charge in [-0.15, -0.1) is 11.3 Å². The van der Waals surface area contributed by atoms with Crippen molar-refractivity contribution in [2.24, 2.45) is 7.05 Å². The van der Waals surface area contributed by atoms with E-state index in [2.05, 4.69) is 20.3 Å². The van der Waals surface area contributed by atoms with Crippen molar-refractivity contribution in [2.45, 2.75) is 6.92 Å². The van der Waals surface area contributed by atoms with E-state index in [1.54, 1.807) is 14.0 Å². The third-order valence-corrected chi connectivity index (χ3v) is 5.04. The number of hydrogen-bond acceptors (Lipinski definition) is 5. The second-order valence-corrected chi connectivity index (χ2v) is 6.45. The molecule has 3 aromatic heterocycles. The van der Waals surface area contributed by atoms with Crippen molar-refractivity contribution in [3.05, 3.63) is 51.4 Å². The molecular formula is C16H13N5O2S. The fourth-order valence-corrected chi connectivity index (χ4v) is 3.64. The minimum atomic E-state index is -0.309. The Morgan fingerprint density at radius 2 is 2.12 bits per heavy atom. The van der Waals surface area contributed by atoms with Gasteiger partial charge in [0.15, 0.2) is 0 Å². The molecule has 0 unspecified atom stereocenters. The molecule has 4 aromatic rings. The Morgan fingerprint density at radius 1 is 1.33 bits per heavy atom. The fourth-order valence-electron chi connectivity index (χ4n) is 2.60. The largest absolute Gasteiger partial charge is 0.324 e. The maximum absolute atomic E-state index is 12.6. The van der Waals surface area contributed by atoms with Crippen LogP contribution in [0.2, 0.25) is 0 Å². The van der Waals surface area contributed by atoms with Crippen molar-refractivity contribution in [3.8, 4) is 0 Å². The molecule has 120 valence electrons. The van der Waals surface area contributed by atoms with Crippen molar-refractivity contribution in [1.82, 2.24) is 19.5 Å². The lowest BCUT2D eigenvalue weighted by molar-refractivity contribution is 0.102. The summed E-state index contributed by atoms with van der Waals surface area (Å²) in [6, 6.07) is 7.52. The van der Waals surface area contributed by atoms with E-state index in [0.717, 1.165) is 11.0 Å². The summed E-state index contributed by atoms with van der Waals surface area (Å²) in [5.41, 5.74) is 2.10. The number of carbonyl (C=O) groups excluding carboxylic acids is 1. The molecule has 24 heavy (non-hydrogen) atoms. The Labute approximate surface area is 140 Å². The molecule has 0 atom stereocenters. The number of rotatable bonds is 2. The second kappa shape index (κ2) is 5.27. The maximum Gasteiger partial charge on any atom is 0.268 e. The minimum Gasteiger partial charge on any atom is -0.324 e. The Bertz CT molecular complexity index is 1120. The van der Waals surface area contributed by atoms with Crippen LogP contribution in [0.3, 0.4) is 0 Å². The van der Waals surface area contributed by atoms with Gasteiger partial charge in [-0.2, -0.15) is 0 Å². The molecule has 1 amide bonds.